The molecule has 1 rings (SSSR count). The van der Waals surface area contributed by atoms with Crippen LogP contribution in [0.2, 0.25) is 0 Å². The number of carbonyl (C=O) groups is 3. The van der Waals surface area contributed by atoms with Gasteiger partial charge in [0.15, 0.2) is 0 Å². The first kappa shape index (κ1) is 32.2. The third-order valence-electron chi connectivity index (χ3n) is 5.30. The molecule has 0 heterocycles. The van der Waals surface area contributed by atoms with E-state index < -0.39 is 47.3 Å². The molecular formula is C27H46N4O6. The van der Waals surface area contributed by atoms with E-state index in [-0.39, 0.29) is 12.5 Å². The molecule has 210 valence electrons. The molecule has 3 atom stereocenters. The first-order chi connectivity index (χ1) is 17.0. The molecule has 0 aromatic heterocycles. The predicted molar refractivity (Wildman–Crippen MR) is 143 cm³/mol. The summed E-state index contributed by atoms with van der Waals surface area (Å²) in [4.78, 5) is 37.6. The fourth-order valence-electron chi connectivity index (χ4n) is 3.64. The zero-order chi connectivity index (χ0) is 28.4. The van der Waals surface area contributed by atoms with Gasteiger partial charge >= 0.3 is 12.2 Å². The van der Waals surface area contributed by atoms with Crippen LogP contribution < -0.4 is 16.1 Å². The maximum Gasteiger partial charge on any atom is 0.407 e. The Hall–Kier alpha value is -2.85. The van der Waals surface area contributed by atoms with Crippen molar-refractivity contribution in [2.24, 2.45) is 11.3 Å². The molecule has 10 nitrogen and oxygen atoms in total. The molecule has 1 aromatic carbocycles. The molecule has 0 saturated heterocycles. The van der Waals surface area contributed by atoms with Gasteiger partial charge in [0.05, 0.1) is 19.3 Å². The van der Waals surface area contributed by atoms with Crippen molar-refractivity contribution >= 4 is 18.1 Å². The summed E-state index contributed by atoms with van der Waals surface area (Å²) < 4.78 is 10.1. The molecule has 1 aromatic rings. The number of nitrogens with zero attached hydrogens (tertiary/aromatic N) is 1. The van der Waals surface area contributed by atoms with Gasteiger partial charge in [-0.05, 0) is 44.1 Å². The Morgan fingerprint density at radius 1 is 0.946 bits per heavy atom. The second kappa shape index (κ2) is 14.2. The van der Waals surface area contributed by atoms with E-state index in [4.69, 9.17) is 4.74 Å². The van der Waals surface area contributed by atoms with Crippen molar-refractivity contribution in [3.05, 3.63) is 35.9 Å². The number of rotatable bonds is 11. The summed E-state index contributed by atoms with van der Waals surface area (Å²) in [6.07, 6.45) is -2.04. The van der Waals surface area contributed by atoms with Gasteiger partial charge in [0.25, 0.3) is 5.91 Å². The van der Waals surface area contributed by atoms with Crippen LogP contribution in [0.4, 0.5) is 9.59 Å². The number of carbonyl (C=O) groups excluding carboxylic acids is 3. The van der Waals surface area contributed by atoms with Gasteiger partial charge in [0.1, 0.15) is 11.6 Å². The van der Waals surface area contributed by atoms with Crippen LogP contribution >= 0.6 is 0 Å². The number of alkyl carbamates (subject to hydrolysis) is 2. The number of benzene rings is 1. The maximum atomic E-state index is 13.2. The number of nitrogens with one attached hydrogen (secondary N) is 3. The lowest BCUT2D eigenvalue weighted by atomic mass is 9.86. The summed E-state index contributed by atoms with van der Waals surface area (Å²) >= 11 is 0. The number of methoxy groups -OCH3 is 1. The average molecular weight is 523 g/mol. The first-order valence-corrected chi connectivity index (χ1v) is 12.6. The molecule has 0 aliphatic carbocycles. The highest BCUT2D eigenvalue weighted by molar-refractivity contribution is 5.86. The molecule has 0 fully saturated rings. The highest BCUT2D eigenvalue weighted by atomic mass is 16.6. The number of amides is 3. The first-order valence-electron chi connectivity index (χ1n) is 12.6. The normalized spacial score (nSPS) is 14.5. The van der Waals surface area contributed by atoms with Crippen molar-refractivity contribution in [1.29, 1.82) is 0 Å². The van der Waals surface area contributed by atoms with Gasteiger partial charge in [0, 0.05) is 13.1 Å². The third-order valence-corrected chi connectivity index (χ3v) is 5.30. The highest BCUT2D eigenvalue weighted by Crippen LogP contribution is 2.20. The van der Waals surface area contributed by atoms with Crippen molar-refractivity contribution in [1.82, 2.24) is 21.1 Å². The number of hydrogen-bond donors (Lipinski definition) is 4. The SMILES string of the molecule is COC(=O)N[C@H](C(=O)NN(CC(C)C)C[C@H](O)[C@H](Cc1ccccc1)NC(=O)OC(C)(C)C)C(C)(C)C. The molecule has 0 aliphatic rings. The number of hydrazine groups is 1. The molecule has 0 saturated carbocycles. The van der Waals surface area contributed by atoms with Gasteiger partial charge in [-0.2, -0.15) is 0 Å². The van der Waals surface area contributed by atoms with Crippen LogP contribution in [0.5, 0.6) is 0 Å². The van der Waals surface area contributed by atoms with E-state index in [9.17, 15) is 19.5 Å². The van der Waals surface area contributed by atoms with Gasteiger partial charge in [-0.25, -0.2) is 14.6 Å². The van der Waals surface area contributed by atoms with Crippen LogP contribution in [0.1, 0.15) is 61.0 Å². The Morgan fingerprint density at radius 3 is 2.03 bits per heavy atom. The largest absolute Gasteiger partial charge is 0.453 e. The van der Waals surface area contributed by atoms with Crippen LogP contribution in [0.25, 0.3) is 0 Å². The minimum Gasteiger partial charge on any atom is -0.453 e. The van der Waals surface area contributed by atoms with Gasteiger partial charge < -0.3 is 25.2 Å². The number of aliphatic hydroxyl groups is 1. The van der Waals surface area contributed by atoms with Crippen molar-refractivity contribution in [3.63, 3.8) is 0 Å². The molecule has 3 amide bonds. The molecule has 0 spiro atoms. The number of hydrogen-bond acceptors (Lipinski definition) is 7. The van der Waals surface area contributed by atoms with Crippen molar-refractivity contribution in [3.8, 4) is 0 Å². The monoisotopic (exact) mass is 522 g/mol. The van der Waals surface area contributed by atoms with Gasteiger partial charge in [-0.15, -0.1) is 0 Å². The fourth-order valence-corrected chi connectivity index (χ4v) is 3.64. The van der Waals surface area contributed by atoms with Crippen LogP contribution in [-0.4, -0.2) is 72.2 Å². The lowest BCUT2D eigenvalue weighted by Gasteiger charge is -2.35. The Balaban J connectivity index is 3.11. The Kier molecular flexibility index (Phi) is 12.3. The molecule has 0 aliphatic heterocycles. The Labute approximate surface area is 221 Å². The van der Waals surface area contributed by atoms with E-state index in [0.29, 0.717) is 13.0 Å². The van der Waals surface area contributed by atoms with Crippen molar-refractivity contribution < 1.29 is 29.0 Å². The average Bonchev–Trinajstić information content (AvgIpc) is 2.74. The second-order valence-electron chi connectivity index (χ2n) is 11.7. The second-order valence-corrected chi connectivity index (χ2v) is 11.7. The van der Waals surface area contributed by atoms with Crippen LogP contribution in [-0.2, 0) is 20.7 Å². The zero-order valence-corrected chi connectivity index (χ0v) is 23.8. The van der Waals surface area contributed by atoms with E-state index in [1.807, 2.05) is 65.0 Å². The maximum absolute atomic E-state index is 13.2. The molecule has 0 bridgehead atoms. The lowest BCUT2D eigenvalue weighted by Crippen LogP contribution is -2.60. The summed E-state index contributed by atoms with van der Waals surface area (Å²) in [5.41, 5.74) is 2.48. The topological polar surface area (TPSA) is 129 Å². The summed E-state index contributed by atoms with van der Waals surface area (Å²) in [5, 5.41) is 18.2. The smallest absolute Gasteiger partial charge is 0.407 e. The molecule has 37 heavy (non-hydrogen) atoms. The summed E-state index contributed by atoms with van der Waals surface area (Å²) in [6, 6.07) is 7.93. The van der Waals surface area contributed by atoms with E-state index in [0.717, 1.165) is 5.56 Å². The van der Waals surface area contributed by atoms with Crippen LogP contribution in [0.3, 0.4) is 0 Å². The molecule has 0 unspecified atom stereocenters. The standard InChI is InChI=1S/C27H46N4O6/c1-18(2)16-31(30-23(33)22(26(3,4)5)29-24(34)36-9)17-21(32)20(15-19-13-11-10-12-14-19)28-25(35)37-27(6,7)8/h10-14,18,20-22,32H,15-17H2,1-9H3,(H,28,35)(H,29,34)(H,30,33)/t20-,21-,22+/m0/s1. The van der Waals surface area contributed by atoms with Crippen LogP contribution in [0, 0.1) is 11.3 Å². The van der Waals surface area contributed by atoms with Crippen LogP contribution in [0.15, 0.2) is 30.3 Å². The fraction of sp³-hybridized carbons (Fsp3) is 0.667. The summed E-state index contributed by atoms with van der Waals surface area (Å²) in [6.45, 7) is 15.2. The van der Waals surface area contributed by atoms with E-state index in [1.54, 1.807) is 25.8 Å². The minimum absolute atomic E-state index is 0.0340. The minimum atomic E-state index is -1.05. The van der Waals surface area contributed by atoms with Crippen molar-refractivity contribution in [2.75, 3.05) is 20.2 Å². The summed E-state index contributed by atoms with van der Waals surface area (Å²) in [5.74, 6) is -0.286. The number of ether oxygens (including phenoxy) is 2. The predicted octanol–water partition coefficient (Wildman–Crippen LogP) is 3.24. The van der Waals surface area contributed by atoms with E-state index in [1.165, 1.54) is 7.11 Å². The Bertz CT molecular complexity index is 864. The highest BCUT2D eigenvalue weighted by Gasteiger charge is 2.35. The number of aliphatic hydroxyl groups excluding tert-OH is 1. The molecular weight excluding hydrogens is 476 g/mol. The molecule has 0 radical (unpaired) electrons. The zero-order valence-electron chi connectivity index (χ0n) is 23.8. The van der Waals surface area contributed by atoms with Crippen molar-refractivity contribution in [2.45, 2.75) is 85.6 Å². The lowest BCUT2D eigenvalue weighted by molar-refractivity contribution is -0.131. The van der Waals surface area contributed by atoms with E-state index >= 15 is 0 Å². The molecule has 10 heteroatoms. The molecule has 4 N–H and O–H groups in total. The van der Waals surface area contributed by atoms with Gasteiger partial charge in [-0.1, -0.05) is 65.0 Å². The van der Waals surface area contributed by atoms with Gasteiger partial charge in [-0.3, -0.25) is 10.2 Å². The Morgan fingerprint density at radius 2 is 1.54 bits per heavy atom. The van der Waals surface area contributed by atoms with Gasteiger partial charge in [0.2, 0.25) is 0 Å². The third kappa shape index (κ3) is 12.8. The summed E-state index contributed by atoms with van der Waals surface area (Å²) in [7, 11) is 1.24. The van der Waals surface area contributed by atoms with E-state index in [2.05, 4.69) is 20.8 Å². The quantitative estimate of drug-likeness (QED) is 0.328.